The summed E-state index contributed by atoms with van der Waals surface area (Å²) in [7, 11) is 0. The number of hydrogen-bond donors (Lipinski definition) is 1. The molecule has 0 aliphatic carbocycles. The van der Waals surface area contributed by atoms with Crippen LogP contribution in [0.4, 0.5) is 0 Å². The number of hydrogen-bond acceptors (Lipinski definition) is 2. The lowest BCUT2D eigenvalue weighted by Gasteiger charge is -2.29. The van der Waals surface area contributed by atoms with Crippen molar-refractivity contribution in [1.82, 2.24) is 10.2 Å². The average molecular weight is 401 g/mol. The molecule has 150 valence electrons. The van der Waals surface area contributed by atoms with Crippen molar-refractivity contribution in [1.29, 1.82) is 0 Å². The largest absolute Gasteiger partial charge is 0.354 e. The van der Waals surface area contributed by atoms with Crippen molar-refractivity contribution < 1.29 is 9.59 Å². The number of benzene rings is 2. The number of amides is 2. The van der Waals surface area contributed by atoms with Gasteiger partial charge in [0, 0.05) is 18.1 Å². The number of rotatable bonds is 9. The molecule has 0 aliphatic rings. The molecule has 0 fully saturated rings. The van der Waals surface area contributed by atoms with Crippen molar-refractivity contribution in [3.05, 3.63) is 70.2 Å². The summed E-state index contributed by atoms with van der Waals surface area (Å²) >= 11 is 5.94. The second-order valence-electron chi connectivity index (χ2n) is 7.07. The van der Waals surface area contributed by atoms with Crippen LogP contribution >= 0.6 is 11.6 Å². The molecule has 0 aromatic heterocycles. The molecule has 0 heterocycles. The number of nitrogens with one attached hydrogen (secondary N) is 1. The number of carbonyl (C=O) groups excluding carboxylic acids is 2. The van der Waals surface area contributed by atoms with E-state index in [1.807, 2.05) is 43.3 Å². The van der Waals surface area contributed by atoms with Gasteiger partial charge >= 0.3 is 0 Å². The van der Waals surface area contributed by atoms with Crippen molar-refractivity contribution in [3.63, 3.8) is 0 Å². The molecule has 5 heteroatoms. The van der Waals surface area contributed by atoms with Gasteiger partial charge in [-0.05, 0) is 49.1 Å². The summed E-state index contributed by atoms with van der Waals surface area (Å²) in [5.41, 5.74) is 3.02. The second-order valence-corrected chi connectivity index (χ2v) is 7.51. The molecule has 2 aromatic rings. The molecule has 2 aromatic carbocycles. The van der Waals surface area contributed by atoms with Crippen LogP contribution in [0.1, 0.15) is 43.4 Å². The van der Waals surface area contributed by atoms with Crippen molar-refractivity contribution in [3.8, 4) is 0 Å². The minimum atomic E-state index is -0.545. The molecular weight excluding hydrogens is 372 g/mol. The van der Waals surface area contributed by atoms with Gasteiger partial charge in [0.1, 0.15) is 6.04 Å². The van der Waals surface area contributed by atoms with E-state index < -0.39 is 6.04 Å². The van der Waals surface area contributed by atoms with Crippen LogP contribution in [0, 0.1) is 6.92 Å². The zero-order chi connectivity index (χ0) is 20.5. The fourth-order valence-electron chi connectivity index (χ4n) is 2.97. The van der Waals surface area contributed by atoms with Gasteiger partial charge in [-0.15, -0.1) is 0 Å². The normalized spacial score (nSPS) is 11.7. The molecule has 0 saturated heterocycles. The average Bonchev–Trinajstić information content (AvgIpc) is 2.68. The molecule has 1 unspecified atom stereocenters. The van der Waals surface area contributed by atoms with Crippen LogP contribution in [0.2, 0.25) is 5.02 Å². The maximum Gasteiger partial charge on any atom is 0.242 e. The maximum absolute atomic E-state index is 13.1. The van der Waals surface area contributed by atoms with Gasteiger partial charge in [-0.25, -0.2) is 0 Å². The van der Waals surface area contributed by atoms with E-state index >= 15 is 0 Å². The van der Waals surface area contributed by atoms with Crippen LogP contribution in [0.5, 0.6) is 0 Å². The Bertz CT molecular complexity index is 789. The SMILES string of the molecule is CCCCNC(=O)C(C)N(Cc1ccccc1C)C(=O)Cc1ccc(Cl)cc1. The van der Waals surface area contributed by atoms with Crippen molar-refractivity contribution in [2.75, 3.05) is 6.54 Å². The third-order valence-corrected chi connectivity index (χ3v) is 5.12. The molecule has 2 rings (SSSR count). The van der Waals surface area contributed by atoms with Gasteiger partial charge < -0.3 is 10.2 Å². The molecular formula is C23H29ClN2O2. The summed E-state index contributed by atoms with van der Waals surface area (Å²) in [5.74, 6) is -0.199. The number of nitrogens with zero attached hydrogens (tertiary/aromatic N) is 1. The second kappa shape index (κ2) is 10.9. The molecule has 1 N–H and O–H groups in total. The van der Waals surface area contributed by atoms with Gasteiger partial charge in [-0.1, -0.05) is 61.3 Å². The quantitative estimate of drug-likeness (QED) is 0.629. The third kappa shape index (κ3) is 6.38. The number of carbonyl (C=O) groups is 2. The summed E-state index contributed by atoms with van der Waals surface area (Å²) in [6.07, 6.45) is 2.17. The van der Waals surface area contributed by atoms with E-state index in [0.717, 1.165) is 29.5 Å². The van der Waals surface area contributed by atoms with Crippen LogP contribution in [0.3, 0.4) is 0 Å². The number of aryl methyl sites for hydroxylation is 1. The van der Waals surface area contributed by atoms with Gasteiger partial charge in [0.15, 0.2) is 0 Å². The predicted molar refractivity (Wildman–Crippen MR) is 114 cm³/mol. The van der Waals surface area contributed by atoms with Crippen LogP contribution in [-0.4, -0.2) is 29.3 Å². The summed E-state index contributed by atoms with van der Waals surface area (Å²) in [4.78, 5) is 27.4. The van der Waals surface area contributed by atoms with Crippen LogP contribution in [-0.2, 0) is 22.6 Å². The molecule has 0 saturated carbocycles. The van der Waals surface area contributed by atoms with E-state index in [-0.39, 0.29) is 18.2 Å². The van der Waals surface area contributed by atoms with Gasteiger partial charge in [0.05, 0.1) is 6.42 Å². The van der Waals surface area contributed by atoms with E-state index in [0.29, 0.717) is 18.1 Å². The third-order valence-electron chi connectivity index (χ3n) is 4.87. The highest BCUT2D eigenvalue weighted by Crippen LogP contribution is 2.16. The first-order chi connectivity index (χ1) is 13.4. The molecule has 0 radical (unpaired) electrons. The Labute approximate surface area is 172 Å². The fraction of sp³-hybridized carbons (Fsp3) is 0.391. The van der Waals surface area contributed by atoms with Gasteiger partial charge in [-0.3, -0.25) is 9.59 Å². The van der Waals surface area contributed by atoms with Crippen molar-refractivity contribution in [2.24, 2.45) is 0 Å². The van der Waals surface area contributed by atoms with Crippen LogP contribution in [0.25, 0.3) is 0 Å². The molecule has 0 spiro atoms. The van der Waals surface area contributed by atoms with Crippen LogP contribution < -0.4 is 5.32 Å². The first-order valence-electron chi connectivity index (χ1n) is 9.78. The highest BCUT2D eigenvalue weighted by molar-refractivity contribution is 6.30. The van der Waals surface area contributed by atoms with E-state index in [4.69, 9.17) is 11.6 Å². The Morgan fingerprint density at radius 3 is 2.43 bits per heavy atom. The molecule has 0 aliphatic heterocycles. The summed E-state index contributed by atoms with van der Waals surface area (Å²) < 4.78 is 0. The minimum absolute atomic E-state index is 0.0799. The highest BCUT2D eigenvalue weighted by Gasteiger charge is 2.26. The maximum atomic E-state index is 13.1. The lowest BCUT2D eigenvalue weighted by Crippen LogP contribution is -2.48. The van der Waals surface area contributed by atoms with Gasteiger partial charge in [-0.2, -0.15) is 0 Å². The van der Waals surface area contributed by atoms with Crippen molar-refractivity contribution in [2.45, 2.75) is 52.6 Å². The smallest absolute Gasteiger partial charge is 0.242 e. The highest BCUT2D eigenvalue weighted by atomic mass is 35.5. The molecule has 28 heavy (non-hydrogen) atoms. The number of unbranched alkanes of at least 4 members (excludes halogenated alkanes) is 1. The topological polar surface area (TPSA) is 49.4 Å². The predicted octanol–water partition coefficient (Wildman–Crippen LogP) is 4.52. The van der Waals surface area contributed by atoms with E-state index in [9.17, 15) is 9.59 Å². The standard InChI is InChI=1S/C23H29ClN2O2/c1-4-5-14-25-23(28)18(3)26(16-20-9-7-6-8-17(20)2)22(27)15-19-10-12-21(24)13-11-19/h6-13,18H,4-5,14-16H2,1-3H3,(H,25,28). The van der Waals surface area contributed by atoms with E-state index in [1.54, 1.807) is 24.0 Å². The van der Waals surface area contributed by atoms with Gasteiger partial charge in [0.25, 0.3) is 0 Å². The zero-order valence-electron chi connectivity index (χ0n) is 16.9. The number of halogens is 1. The van der Waals surface area contributed by atoms with Gasteiger partial charge in [0.2, 0.25) is 11.8 Å². The Kier molecular flexibility index (Phi) is 8.52. The first-order valence-corrected chi connectivity index (χ1v) is 10.2. The molecule has 4 nitrogen and oxygen atoms in total. The summed E-state index contributed by atoms with van der Waals surface area (Å²) in [6, 6.07) is 14.6. The van der Waals surface area contributed by atoms with Crippen LogP contribution in [0.15, 0.2) is 48.5 Å². The molecule has 0 bridgehead atoms. The van der Waals surface area contributed by atoms with E-state index in [2.05, 4.69) is 12.2 Å². The Hall–Kier alpha value is -2.33. The summed E-state index contributed by atoms with van der Waals surface area (Å²) in [6.45, 7) is 6.92. The Morgan fingerprint density at radius 2 is 1.79 bits per heavy atom. The minimum Gasteiger partial charge on any atom is -0.354 e. The zero-order valence-corrected chi connectivity index (χ0v) is 17.6. The fourth-order valence-corrected chi connectivity index (χ4v) is 3.09. The molecule has 1 atom stereocenters. The van der Waals surface area contributed by atoms with E-state index in [1.165, 1.54) is 0 Å². The lowest BCUT2D eigenvalue weighted by molar-refractivity contribution is -0.140. The van der Waals surface area contributed by atoms with Crippen molar-refractivity contribution >= 4 is 23.4 Å². The monoisotopic (exact) mass is 400 g/mol. The Morgan fingerprint density at radius 1 is 1.11 bits per heavy atom. The Balaban J connectivity index is 2.19. The lowest BCUT2D eigenvalue weighted by atomic mass is 10.1. The first kappa shape index (κ1) is 22.0. The summed E-state index contributed by atoms with van der Waals surface area (Å²) in [5, 5.41) is 3.58. The molecule has 2 amide bonds.